The summed E-state index contributed by atoms with van der Waals surface area (Å²) >= 11 is 0. The van der Waals surface area contributed by atoms with Crippen LogP contribution in [0, 0.1) is 0 Å². The van der Waals surface area contributed by atoms with Crippen LogP contribution in [0.4, 0.5) is 0 Å². The van der Waals surface area contributed by atoms with Crippen molar-refractivity contribution in [3.8, 4) is 0 Å². The average molecular weight is 347 g/mol. The van der Waals surface area contributed by atoms with E-state index in [0.717, 1.165) is 18.4 Å². The molecule has 1 heterocycles. The van der Waals surface area contributed by atoms with Gasteiger partial charge in [0, 0.05) is 12.8 Å². The molecule has 0 saturated heterocycles. The number of benzene rings is 2. The number of nitrogens with zero attached hydrogens (tertiary/aromatic N) is 2. The van der Waals surface area contributed by atoms with Crippen molar-refractivity contribution in [1.82, 2.24) is 15.5 Å². The minimum Gasteiger partial charge on any atom is -0.347 e. The monoisotopic (exact) mass is 347 g/mol. The lowest BCUT2D eigenvalue weighted by atomic mass is 9.97. The second-order valence-electron chi connectivity index (χ2n) is 6.68. The highest BCUT2D eigenvalue weighted by Gasteiger charge is 2.24. The van der Waals surface area contributed by atoms with Crippen molar-refractivity contribution in [2.45, 2.75) is 38.1 Å². The lowest BCUT2D eigenvalue weighted by Gasteiger charge is -2.10. The van der Waals surface area contributed by atoms with Crippen molar-refractivity contribution in [3.63, 3.8) is 0 Å². The SMILES string of the molecule is O=C(C[C@@H]1CCc2ccccc21)NCc1nc(Cc2ccccc2)no1. The van der Waals surface area contributed by atoms with E-state index in [4.69, 9.17) is 4.52 Å². The number of carbonyl (C=O) groups is 1. The molecule has 0 aliphatic heterocycles. The number of nitrogens with one attached hydrogen (secondary N) is 1. The summed E-state index contributed by atoms with van der Waals surface area (Å²) in [5.41, 5.74) is 3.81. The standard InChI is InChI=1S/C21H21N3O2/c25-20(13-17-11-10-16-8-4-5-9-18(16)17)22-14-21-23-19(24-26-21)12-15-6-2-1-3-7-15/h1-9,17H,10-14H2,(H,22,25)/t17-/m0/s1. The minimum absolute atomic E-state index is 0.0227. The molecule has 0 saturated carbocycles. The van der Waals surface area contributed by atoms with E-state index < -0.39 is 0 Å². The van der Waals surface area contributed by atoms with E-state index in [-0.39, 0.29) is 12.5 Å². The largest absolute Gasteiger partial charge is 0.347 e. The zero-order chi connectivity index (χ0) is 17.8. The second kappa shape index (κ2) is 7.52. The zero-order valence-electron chi connectivity index (χ0n) is 14.5. The molecule has 132 valence electrons. The Bertz CT molecular complexity index is 889. The summed E-state index contributed by atoms with van der Waals surface area (Å²) in [6.07, 6.45) is 3.22. The Morgan fingerprint density at radius 1 is 1.12 bits per heavy atom. The van der Waals surface area contributed by atoms with Gasteiger partial charge in [0.25, 0.3) is 0 Å². The summed E-state index contributed by atoms with van der Waals surface area (Å²) in [6.45, 7) is 0.273. The Morgan fingerprint density at radius 3 is 2.81 bits per heavy atom. The van der Waals surface area contributed by atoms with Crippen molar-refractivity contribution in [2.75, 3.05) is 0 Å². The Kier molecular flexibility index (Phi) is 4.78. The van der Waals surface area contributed by atoms with Gasteiger partial charge < -0.3 is 9.84 Å². The predicted octanol–water partition coefficient (Wildman–Crippen LogP) is 3.40. The Morgan fingerprint density at radius 2 is 1.92 bits per heavy atom. The van der Waals surface area contributed by atoms with Crippen LogP contribution in [0.5, 0.6) is 0 Å². The fourth-order valence-electron chi connectivity index (χ4n) is 3.54. The summed E-state index contributed by atoms with van der Waals surface area (Å²) in [5, 5.41) is 6.88. The van der Waals surface area contributed by atoms with Crippen LogP contribution >= 0.6 is 0 Å². The summed E-state index contributed by atoms with van der Waals surface area (Å²) < 4.78 is 5.24. The highest BCUT2D eigenvalue weighted by Crippen LogP contribution is 2.35. The molecule has 4 rings (SSSR count). The molecule has 1 aromatic heterocycles. The number of aryl methyl sites for hydroxylation is 1. The molecule has 26 heavy (non-hydrogen) atoms. The molecule has 0 bridgehead atoms. The second-order valence-corrected chi connectivity index (χ2v) is 6.68. The van der Waals surface area contributed by atoms with Gasteiger partial charge in [-0.25, -0.2) is 0 Å². The van der Waals surface area contributed by atoms with E-state index >= 15 is 0 Å². The topological polar surface area (TPSA) is 68.0 Å². The first-order valence-corrected chi connectivity index (χ1v) is 8.98. The quantitative estimate of drug-likeness (QED) is 0.742. The Hall–Kier alpha value is -2.95. The van der Waals surface area contributed by atoms with Crippen LogP contribution in [0.1, 0.15) is 47.2 Å². The van der Waals surface area contributed by atoms with Crippen molar-refractivity contribution in [3.05, 3.63) is 83.0 Å². The summed E-state index contributed by atoms with van der Waals surface area (Å²) in [5.74, 6) is 1.40. The summed E-state index contributed by atoms with van der Waals surface area (Å²) in [6, 6.07) is 18.4. The molecule has 0 fully saturated rings. The number of carbonyl (C=O) groups excluding carboxylic acids is 1. The van der Waals surface area contributed by atoms with E-state index in [9.17, 15) is 4.79 Å². The third-order valence-corrected chi connectivity index (χ3v) is 4.84. The van der Waals surface area contributed by atoms with Crippen LogP contribution < -0.4 is 5.32 Å². The predicted molar refractivity (Wildman–Crippen MR) is 97.5 cm³/mol. The number of fused-ring (bicyclic) bond motifs is 1. The van der Waals surface area contributed by atoms with Gasteiger partial charge in [-0.2, -0.15) is 4.98 Å². The summed E-state index contributed by atoms with van der Waals surface area (Å²) in [7, 11) is 0. The molecular formula is C21H21N3O2. The molecule has 1 atom stereocenters. The van der Waals surface area contributed by atoms with E-state index in [0.29, 0.717) is 30.5 Å². The first kappa shape index (κ1) is 16.5. The van der Waals surface area contributed by atoms with Gasteiger partial charge >= 0.3 is 0 Å². The number of hydrogen-bond acceptors (Lipinski definition) is 4. The number of amides is 1. The van der Waals surface area contributed by atoms with Crippen molar-refractivity contribution >= 4 is 5.91 Å². The fraction of sp³-hybridized carbons (Fsp3) is 0.286. The van der Waals surface area contributed by atoms with E-state index in [1.165, 1.54) is 11.1 Å². The molecule has 2 aromatic carbocycles. The minimum atomic E-state index is 0.0227. The molecule has 1 aliphatic rings. The smallest absolute Gasteiger partial charge is 0.246 e. The van der Waals surface area contributed by atoms with Gasteiger partial charge in [-0.1, -0.05) is 59.8 Å². The van der Waals surface area contributed by atoms with Crippen molar-refractivity contribution in [2.24, 2.45) is 0 Å². The fourth-order valence-corrected chi connectivity index (χ4v) is 3.54. The van der Waals surface area contributed by atoms with E-state index in [1.807, 2.05) is 36.4 Å². The molecule has 0 spiro atoms. The molecule has 5 heteroatoms. The van der Waals surface area contributed by atoms with Gasteiger partial charge in [0.1, 0.15) is 0 Å². The zero-order valence-corrected chi connectivity index (χ0v) is 14.5. The number of hydrogen-bond donors (Lipinski definition) is 1. The van der Waals surface area contributed by atoms with Crippen LogP contribution in [0.15, 0.2) is 59.1 Å². The van der Waals surface area contributed by atoms with Gasteiger partial charge in [-0.15, -0.1) is 0 Å². The van der Waals surface area contributed by atoms with E-state index in [2.05, 4.69) is 33.7 Å². The molecule has 1 N–H and O–H groups in total. The lowest BCUT2D eigenvalue weighted by Crippen LogP contribution is -2.24. The first-order chi connectivity index (χ1) is 12.8. The number of rotatable bonds is 6. The van der Waals surface area contributed by atoms with Gasteiger partial charge in [0.05, 0.1) is 6.54 Å². The van der Waals surface area contributed by atoms with Crippen LogP contribution in [0.25, 0.3) is 0 Å². The first-order valence-electron chi connectivity index (χ1n) is 8.98. The third kappa shape index (κ3) is 3.82. The maximum Gasteiger partial charge on any atom is 0.246 e. The molecule has 0 radical (unpaired) electrons. The summed E-state index contributed by atoms with van der Waals surface area (Å²) in [4.78, 5) is 16.6. The van der Waals surface area contributed by atoms with Crippen LogP contribution in [0.2, 0.25) is 0 Å². The van der Waals surface area contributed by atoms with Crippen molar-refractivity contribution in [1.29, 1.82) is 0 Å². The van der Waals surface area contributed by atoms with Gasteiger partial charge in [0.2, 0.25) is 11.8 Å². The molecule has 1 amide bonds. The lowest BCUT2D eigenvalue weighted by molar-refractivity contribution is -0.121. The van der Waals surface area contributed by atoms with Crippen molar-refractivity contribution < 1.29 is 9.32 Å². The van der Waals surface area contributed by atoms with Crippen LogP contribution in [-0.4, -0.2) is 16.0 Å². The number of aromatic nitrogens is 2. The van der Waals surface area contributed by atoms with Gasteiger partial charge in [-0.3, -0.25) is 4.79 Å². The highest BCUT2D eigenvalue weighted by molar-refractivity contribution is 5.77. The van der Waals surface area contributed by atoms with Crippen LogP contribution in [-0.2, 0) is 24.2 Å². The molecular weight excluding hydrogens is 326 g/mol. The molecule has 5 nitrogen and oxygen atoms in total. The molecule has 1 aliphatic carbocycles. The molecule has 3 aromatic rings. The average Bonchev–Trinajstić information content (AvgIpc) is 3.28. The van der Waals surface area contributed by atoms with Gasteiger partial charge in [0.15, 0.2) is 5.82 Å². The highest BCUT2D eigenvalue weighted by atomic mass is 16.5. The third-order valence-electron chi connectivity index (χ3n) is 4.84. The molecule has 0 unspecified atom stereocenters. The van der Waals surface area contributed by atoms with Gasteiger partial charge in [-0.05, 0) is 35.4 Å². The Labute approximate surface area is 152 Å². The normalized spacial score (nSPS) is 15.6. The maximum absolute atomic E-state index is 12.3. The van der Waals surface area contributed by atoms with Crippen LogP contribution in [0.3, 0.4) is 0 Å². The van der Waals surface area contributed by atoms with E-state index in [1.54, 1.807) is 0 Å². The maximum atomic E-state index is 12.3. The Balaban J connectivity index is 1.29.